The Kier molecular flexibility index (Phi) is 6.06. The maximum absolute atomic E-state index is 12.9. The number of hydrogen-bond donors (Lipinski definition) is 2. The maximum atomic E-state index is 12.9. The van der Waals surface area contributed by atoms with Gasteiger partial charge >= 0.3 is 11.8 Å². The summed E-state index contributed by atoms with van der Waals surface area (Å²) in [7, 11) is 2.10. The van der Waals surface area contributed by atoms with Crippen LogP contribution in [0.1, 0.15) is 23.1 Å². The molecular formula is C21H24FN3O2. The summed E-state index contributed by atoms with van der Waals surface area (Å²) < 4.78 is 12.9. The Morgan fingerprint density at radius 3 is 2.52 bits per heavy atom. The fraction of sp³-hybridized carbons (Fsp3) is 0.333. The topological polar surface area (TPSA) is 61.4 Å². The fourth-order valence-corrected chi connectivity index (χ4v) is 3.26. The van der Waals surface area contributed by atoms with Crippen LogP contribution in [0.2, 0.25) is 0 Å². The average molecular weight is 369 g/mol. The molecule has 27 heavy (non-hydrogen) atoms. The summed E-state index contributed by atoms with van der Waals surface area (Å²) in [4.78, 5) is 26.0. The predicted octanol–water partition coefficient (Wildman–Crippen LogP) is 2.18. The van der Waals surface area contributed by atoms with Crippen molar-refractivity contribution < 1.29 is 14.0 Å². The highest BCUT2D eigenvalue weighted by molar-refractivity contribution is 6.35. The van der Waals surface area contributed by atoms with E-state index in [0.29, 0.717) is 13.0 Å². The number of hydrogen-bond acceptors (Lipinski definition) is 3. The number of benzene rings is 2. The van der Waals surface area contributed by atoms with Gasteiger partial charge in [-0.05, 0) is 54.2 Å². The van der Waals surface area contributed by atoms with Gasteiger partial charge in [-0.15, -0.1) is 0 Å². The van der Waals surface area contributed by atoms with Gasteiger partial charge in [-0.1, -0.05) is 24.3 Å². The van der Waals surface area contributed by atoms with Gasteiger partial charge in [-0.25, -0.2) is 4.39 Å². The highest BCUT2D eigenvalue weighted by Crippen LogP contribution is 2.26. The van der Waals surface area contributed by atoms with Crippen molar-refractivity contribution >= 4 is 17.5 Å². The van der Waals surface area contributed by atoms with Crippen molar-refractivity contribution in [2.24, 2.45) is 0 Å². The monoisotopic (exact) mass is 369 g/mol. The molecule has 0 atom stereocenters. The number of halogens is 1. The zero-order chi connectivity index (χ0) is 19.2. The van der Waals surface area contributed by atoms with Crippen LogP contribution in [0.4, 0.5) is 10.1 Å². The van der Waals surface area contributed by atoms with Gasteiger partial charge in [0.25, 0.3) is 0 Å². The molecule has 3 rings (SSSR count). The molecule has 2 aromatic carbocycles. The van der Waals surface area contributed by atoms with E-state index in [4.69, 9.17) is 0 Å². The molecule has 0 fully saturated rings. The van der Waals surface area contributed by atoms with Crippen molar-refractivity contribution in [3.8, 4) is 0 Å². The molecule has 0 radical (unpaired) electrons. The van der Waals surface area contributed by atoms with Crippen molar-refractivity contribution in [3.63, 3.8) is 0 Å². The largest absolute Gasteiger partial charge is 0.374 e. The predicted molar refractivity (Wildman–Crippen MR) is 103 cm³/mol. The Balaban J connectivity index is 1.43. The number of carbonyl (C=O) groups is 2. The van der Waals surface area contributed by atoms with Crippen molar-refractivity contribution in [3.05, 3.63) is 65.0 Å². The molecule has 0 saturated heterocycles. The van der Waals surface area contributed by atoms with E-state index in [2.05, 4.69) is 40.8 Å². The van der Waals surface area contributed by atoms with Gasteiger partial charge in [0.1, 0.15) is 5.82 Å². The van der Waals surface area contributed by atoms with Crippen LogP contribution in [0.15, 0.2) is 42.5 Å². The van der Waals surface area contributed by atoms with Crippen LogP contribution < -0.4 is 15.5 Å². The molecule has 2 N–H and O–H groups in total. The van der Waals surface area contributed by atoms with Gasteiger partial charge in [0.2, 0.25) is 0 Å². The van der Waals surface area contributed by atoms with Crippen LogP contribution in [0, 0.1) is 5.82 Å². The van der Waals surface area contributed by atoms with E-state index in [-0.39, 0.29) is 12.4 Å². The van der Waals surface area contributed by atoms with E-state index in [1.807, 2.05) is 0 Å². The van der Waals surface area contributed by atoms with E-state index in [1.54, 1.807) is 12.1 Å². The molecule has 1 aliphatic heterocycles. The maximum Gasteiger partial charge on any atom is 0.309 e. The minimum atomic E-state index is -0.689. The Morgan fingerprint density at radius 1 is 1.04 bits per heavy atom. The number of anilines is 1. The zero-order valence-electron chi connectivity index (χ0n) is 15.4. The quantitative estimate of drug-likeness (QED) is 0.795. The van der Waals surface area contributed by atoms with E-state index in [9.17, 15) is 14.0 Å². The molecular weight excluding hydrogens is 345 g/mol. The first-order chi connectivity index (χ1) is 13.0. The van der Waals surface area contributed by atoms with Crippen LogP contribution in [-0.2, 0) is 29.0 Å². The molecule has 0 unspecified atom stereocenters. The first-order valence-electron chi connectivity index (χ1n) is 9.16. The van der Waals surface area contributed by atoms with Crippen molar-refractivity contribution in [1.29, 1.82) is 0 Å². The molecule has 0 saturated carbocycles. The van der Waals surface area contributed by atoms with E-state index in [0.717, 1.165) is 30.5 Å². The Labute approximate surface area is 158 Å². The molecule has 2 aromatic rings. The molecule has 1 aliphatic rings. The van der Waals surface area contributed by atoms with Gasteiger partial charge in [0, 0.05) is 32.4 Å². The molecule has 142 valence electrons. The first kappa shape index (κ1) is 18.9. The first-order valence-corrected chi connectivity index (χ1v) is 9.16. The summed E-state index contributed by atoms with van der Waals surface area (Å²) in [6, 6.07) is 12.2. The summed E-state index contributed by atoms with van der Waals surface area (Å²) >= 11 is 0. The zero-order valence-corrected chi connectivity index (χ0v) is 15.4. The molecule has 0 aliphatic carbocycles. The normalized spacial score (nSPS) is 13.0. The second kappa shape index (κ2) is 8.66. The van der Waals surface area contributed by atoms with Gasteiger partial charge in [0.05, 0.1) is 0 Å². The second-order valence-corrected chi connectivity index (χ2v) is 6.80. The molecule has 0 bridgehead atoms. The van der Waals surface area contributed by atoms with E-state index < -0.39 is 11.8 Å². The lowest BCUT2D eigenvalue weighted by Gasteiger charge is -2.27. The van der Waals surface area contributed by atoms with E-state index >= 15 is 0 Å². The SMILES string of the molecule is CN1CCCc2cc(CCNC(=O)C(=O)NCc3ccc(F)cc3)ccc21. The Morgan fingerprint density at radius 2 is 1.74 bits per heavy atom. The number of rotatable bonds is 5. The standard InChI is InChI=1S/C21H24FN3O2/c1-25-12-2-3-17-13-15(6-9-19(17)25)10-11-23-20(26)21(27)24-14-16-4-7-18(22)8-5-16/h4-9,13H,2-3,10-12,14H2,1H3,(H,23,26)(H,24,27). The van der Waals surface area contributed by atoms with Crippen molar-refractivity contribution in [2.75, 3.05) is 25.0 Å². The number of aryl methyl sites for hydroxylation is 1. The highest BCUT2D eigenvalue weighted by Gasteiger charge is 2.15. The van der Waals surface area contributed by atoms with Crippen LogP contribution in [0.25, 0.3) is 0 Å². The second-order valence-electron chi connectivity index (χ2n) is 6.80. The molecule has 1 heterocycles. The molecule has 6 heteroatoms. The summed E-state index contributed by atoms with van der Waals surface area (Å²) in [5.74, 6) is -1.68. The molecule has 5 nitrogen and oxygen atoms in total. The Bertz CT molecular complexity index is 821. The number of nitrogens with one attached hydrogen (secondary N) is 2. The summed E-state index contributed by atoms with van der Waals surface area (Å²) in [6.07, 6.45) is 2.90. The summed E-state index contributed by atoms with van der Waals surface area (Å²) in [5.41, 5.74) is 4.49. The average Bonchev–Trinajstić information content (AvgIpc) is 2.67. The van der Waals surface area contributed by atoms with Gasteiger partial charge in [0.15, 0.2) is 0 Å². The minimum absolute atomic E-state index is 0.185. The number of nitrogens with zero attached hydrogens (tertiary/aromatic N) is 1. The highest BCUT2D eigenvalue weighted by atomic mass is 19.1. The van der Waals surface area contributed by atoms with Crippen LogP contribution in [0.5, 0.6) is 0 Å². The number of carbonyl (C=O) groups excluding carboxylic acids is 2. The molecule has 0 spiro atoms. The van der Waals surface area contributed by atoms with E-state index in [1.165, 1.54) is 23.4 Å². The lowest BCUT2D eigenvalue weighted by molar-refractivity contribution is -0.139. The number of amides is 2. The molecule has 0 aromatic heterocycles. The summed E-state index contributed by atoms with van der Waals surface area (Å²) in [5, 5.41) is 5.18. The van der Waals surface area contributed by atoms with Gasteiger partial charge < -0.3 is 15.5 Å². The minimum Gasteiger partial charge on any atom is -0.374 e. The van der Waals surface area contributed by atoms with Gasteiger partial charge in [-0.3, -0.25) is 9.59 Å². The van der Waals surface area contributed by atoms with Crippen molar-refractivity contribution in [1.82, 2.24) is 10.6 Å². The van der Waals surface area contributed by atoms with Gasteiger partial charge in [-0.2, -0.15) is 0 Å². The Hall–Kier alpha value is -2.89. The summed E-state index contributed by atoms with van der Waals surface area (Å²) in [6.45, 7) is 1.66. The van der Waals surface area contributed by atoms with Crippen LogP contribution in [-0.4, -0.2) is 32.0 Å². The fourth-order valence-electron chi connectivity index (χ4n) is 3.26. The lowest BCUT2D eigenvalue weighted by Crippen LogP contribution is -2.40. The third-order valence-electron chi connectivity index (χ3n) is 4.77. The number of fused-ring (bicyclic) bond motifs is 1. The van der Waals surface area contributed by atoms with Crippen LogP contribution in [0.3, 0.4) is 0 Å². The third kappa shape index (κ3) is 5.06. The van der Waals surface area contributed by atoms with Crippen molar-refractivity contribution in [2.45, 2.75) is 25.8 Å². The third-order valence-corrected chi connectivity index (χ3v) is 4.77. The lowest BCUT2D eigenvalue weighted by atomic mass is 9.98. The van der Waals surface area contributed by atoms with Crippen LogP contribution >= 0.6 is 0 Å². The molecule has 2 amide bonds. The smallest absolute Gasteiger partial charge is 0.309 e.